The van der Waals surface area contributed by atoms with Crippen LogP contribution in [0.1, 0.15) is 48.8 Å². The first-order valence-electron chi connectivity index (χ1n) is 13.5. The van der Waals surface area contributed by atoms with Crippen molar-refractivity contribution in [2.24, 2.45) is 5.92 Å². The molecule has 0 saturated carbocycles. The van der Waals surface area contributed by atoms with Gasteiger partial charge in [0, 0.05) is 23.5 Å². The fraction of sp³-hybridized carbons (Fsp3) is 0.419. The monoisotopic (exact) mass is 498 g/mol. The first-order valence-corrected chi connectivity index (χ1v) is 13.5. The van der Waals surface area contributed by atoms with Crippen molar-refractivity contribution in [2.75, 3.05) is 19.6 Å². The molecule has 4 aromatic rings. The molecule has 4 heterocycles. The Kier molecular flexibility index (Phi) is 6.37. The summed E-state index contributed by atoms with van der Waals surface area (Å²) in [4.78, 5) is 28.6. The zero-order chi connectivity index (χ0) is 25.5. The highest BCUT2D eigenvalue weighted by atomic mass is 16.4. The Hall–Kier alpha value is -3.38. The zero-order valence-corrected chi connectivity index (χ0v) is 21.6. The van der Waals surface area contributed by atoms with Gasteiger partial charge < -0.3 is 19.1 Å². The van der Waals surface area contributed by atoms with Gasteiger partial charge in [0.15, 0.2) is 0 Å². The van der Waals surface area contributed by atoms with Crippen molar-refractivity contribution in [3.8, 4) is 11.1 Å². The summed E-state index contributed by atoms with van der Waals surface area (Å²) in [5.41, 5.74) is 4.92. The van der Waals surface area contributed by atoms with Crippen LogP contribution in [-0.2, 0) is 11.2 Å². The van der Waals surface area contributed by atoms with E-state index in [1.54, 1.807) is 6.26 Å². The molecule has 2 aliphatic rings. The third kappa shape index (κ3) is 4.37. The molecule has 2 saturated heterocycles. The number of aryl methyl sites for hydroxylation is 2. The van der Waals surface area contributed by atoms with Crippen LogP contribution in [0.25, 0.3) is 33.1 Å². The van der Waals surface area contributed by atoms with Crippen LogP contribution in [0.2, 0.25) is 0 Å². The number of benzene rings is 2. The van der Waals surface area contributed by atoms with Crippen molar-refractivity contribution in [1.82, 2.24) is 10.2 Å². The van der Waals surface area contributed by atoms with Crippen molar-refractivity contribution in [3.05, 3.63) is 69.8 Å². The van der Waals surface area contributed by atoms with Crippen LogP contribution in [0.4, 0.5) is 0 Å². The van der Waals surface area contributed by atoms with Gasteiger partial charge >= 0.3 is 5.63 Å². The van der Waals surface area contributed by atoms with Crippen LogP contribution in [0.15, 0.2) is 56.3 Å². The molecular formula is C31H34N2O4. The minimum absolute atomic E-state index is 0.00677. The van der Waals surface area contributed by atoms with Crippen molar-refractivity contribution < 1.29 is 13.6 Å². The number of nitrogens with zero attached hydrogens (tertiary/aromatic N) is 1. The fourth-order valence-electron chi connectivity index (χ4n) is 6.61. The third-order valence-electron chi connectivity index (χ3n) is 8.50. The van der Waals surface area contributed by atoms with Gasteiger partial charge in [0.2, 0.25) is 5.91 Å². The number of fused-ring (bicyclic) bond motifs is 4. The van der Waals surface area contributed by atoms with E-state index in [2.05, 4.69) is 22.3 Å². The number of furan rings is 1. The van der Waals surface area contributed by atoms with E-state index >= 15 is 0 Å². The summed E-state index contributed by atoms with van der Waals surface area (Å²) >= 11 is 0. The molecule has 2 aliphatic heterocycles. The fourth-order valence-corrected chi connectivity index (χ4v) is 6.61. The van der Waals surface area contributed by atoms with E-state index in [4.69, 9.17) is 8.83 Å². The Morgan fingerprint density at radius 1 is 1.05 bits per heavy atom. The van der Waals surface area contributed by atoms with Gasteiger partial charge in [-0.05, 0) is 81.3 Å². The van der Waals surface area contributed by atoms with Crippen molar-refractivity contribution in [1.29, 1.82) is 0 Å². The predicted molar refractivity (Wildman–Crippen MR) is 146 cm³/mol. The highest BCUT2D eigenvalue weighted by molar-refractivity contribution is 6.11. The van der Waals surface area contributed by atoms with Crippen LogP contribution >= 0.6 is 0 Å². The van der Waals surface area contributed by atoms with Crippen LogP contribution < -0.4 is 10.9 Å². The predicted octanol–water partition coefficient (Wildman–Crippen LogP) is 5.75. The van der Waals surface area contributed by atoms with Crippen LogP contribution in [0.5, 0.6) is 0 Å². The number of amides is 1. The molecule has 2 atom stereocenters. The van der Waals surface area contributed by atoms with E-state index < -0.39 is 5.63 Å². The van der Waals surface area contributed by atoms with Crippen molar-refractivity contribution >= 4 is 27.8 Å². The van der Waals surface area contributed by atoms with E-state index in [9.17, 15) is 9.59 Å². The molecule has 192 valence electrons. The SMILES string of the molecule is Cc1cc2oc(=O)c(CC(=O)NC[C@@H]3CCCN4CCCC[C@H]34)c(C)c2c2occ(-c3ccccc3)c12. The lowest BCUT2D eigenvalue weighted by molar-refractivity contribution is -0.120. The molecule has 1 amide bonds. The Morgan fingerprint density at radius 2 is 1.86 bits per heavy atom. The Balaban J connectivity index is 1.29. The lowest BCUT2D eigenvalue weighted by atomic mass is 9.83. The van der Waals surface area contributed by atoms with E-state index in [1.807, 2.05) is 38.1 Å². The first-order chi connectivity index (χ1) is 18.0. The molecule has 0 bridgehead atoms. The minimum atomic E-state index is -0.454. The van der Waals surface area contributed by atoms with Gasteiger partial charge in [-0.1, -0.05) is 36.8 Å². The van der Waals surface area contributed by atoms with E-state index in [0.717, 1.165) is 39.4 Å². The number of carbonyl (C=O) groups excluding carboxylic acids is 1. The van der Waals surface area contributed by atoms with Crippen LogP contribution in [0.3, 0.4) is 0 Å². The van der Waals surface area contributed by atoms with Gasteiger partial charge in [-0.3, -0.25) is 4.79 Å². The van der Waals surface area contributed by atoms with Gasteiger partial charge in [-0.15, -0.1) is 0 Å². The largest absolute Gasteiger partial charge is 0.463 e. The Bertz CT molecular complexity index is 1520. The minimum Gasteiger partial charge on any atom is -0.463 e. The molecule has 0 spiro atoms. The summed E-state index contributed by atoms with van der Waals surface area (Å²) in [6.07, 6.45) is 7.88. The molecule has 2 fully saturated rings. The molecule has 0 radical (unpaired) electrons. The topological polar surface area (TPSA) is 75.7 Å². The maximum Gasteiger partial charge on any atom is 0.340 e. The third-order valence-corrected chi connectivity index (χ3v) is 8.50. The molecule has 2 aromatic carbocycles. The summed E-state index contributed by atoms with van der Waals surface area (Å²) in [6.45, 7) is 6.92. The number of rotatable bonds is 5. The van der Waals surface area contributed by atoms with Gasteiger partial charge in [0.25, 0.3) is 0 Å². The number of nitrogens with one attached hydrogen (secondary N) is 1. The molecule has 0 unspecified atom stereocenters. The average Bonchev–Trinajstić information content (AvgIpc) is 3.36. The van der Waals surface area contributed by atoms with Gasteiger partial charge in [0.1, 0.15) is 11.2 Å². The molecule has 6 heteroatoms. The summed E-state index contributed by atoms with van der Waals surface area (Å²) in [6, 6.07) is 12.6. The van der Waals surface area contributed by atoms with Gasteiger partial charge in [-0.25, -0.2) is 4.79 Å². The second kappa shape index (κ2) is 9.82. The van der Waals surface area contributed by atoms with E-state index in [0.29, 0.717) is 35.2 Å². The lowest BCUT2D eigenvalue weighted by Gasteiger charge is -2.44. The van der Waals surface area contributed by atoms with E-state index in [1.165, 1.54) is 38.8 Å². The second-order valence-electron chi connectivity index (χ2n) is 10.8. The molecule has 1 N–H and O–H groups in total. The number of hydrogen-bond acceptors (Lipinski definition) is 5. The number of hydrogen-bond donors (Lipinski definition) is 1. The maximum absolute atomic E-state index is 13.0. The smallest absolute Gasteiger partial charge is 0.340 e. The zero-order valence-electron chi connectivity index (χ0n) is 21.6. The average molecular weight is 499 g/mol. The van der Waals surface area contributed by atoms with Crippen LogP contribution in [-0.4, -0.2) is 36.5 Å². The number of carbonyl (C=O) groups is 1. The highest BCUT2D eigenvalue weighted by Gasteiger charge is 2.33. The molecule has 0 aliphatic carbocycles. The summed E-state index contributed by atoms with van der Waals surface area (Å²) < 4.78 is 11.8. The number of piperidine rings is 2. The quantitative estimate of drug-likeness (QED) is 0.355. The van der Waals surface area contributed by atoms with Gasteiger partial charge in [0.05, 0.1) is 23.6 Å². The standard InChI is InChI=1S/C31H34N2O4/c1-19-15-26-29(30-28(19)24(18-36-30)21-9-4-3-5-10-21)20(2)23(31(35)37-26)16-27(34)32-17-22-11-8-14-33-13-7-6-12-25(22)33/h3-5,9-10,15,18,22,25H,6-8,11-14,16-17H2,1-2H3,(H,32,34)/t22-,25+/m0/s1. The van der Waals surface area contributed by atoms with Crippen molar-refractivity contribution in [3.63, 3.8) is 0 Å². The summed E-state index contributed by atoms with van der Waals surface area (Å²) in [5, 5.41) is 4.90. The van der Waals surface area contributed by atoms with E-state index in [-0.39, 0.29) is 12.3 Å². The summed E-state index contributed by atoms with van der Waals surface area (Å²) in [5.74, 6) is 0.352. The highest BCUT2D eigenvalue weighted by Crippen LogP contribution is 2.38. The second-order valence-corrected chi connectivity index (χ2v) is 10.8. The molecule has 2 aromatic heterocycles. The molecule has 6 nitrogen and oxygen atoms in total. The molecule has 37 heavy (non-hydrogen) atoms. The normalized spacial score (nSPS) is 20.3. The Morgan fingerprint density at radius 3 is 2.70 bits per heavy atom. The summed E-state index contributed by atoms with van der Waals surface area (Å²) in [7, 11) is 0. The maximum atomic E-state index is 13.0. The van der Waals surface area contributed by atoms with Crippen LogP contribution in [0, 0.1) is 19.8 Å². The van der Waals surface area contributed by atoms with Gasteiger partial charge in [-0.2, -0.15) is 0 Å². The Labute approximate surface area is 216 Å². The first kappa shape index (κ1) is 24.0. The lowest BCUT2D eigenvalue weighted by Crippen LogP contribution is -2.51. The molecule has 6 rings (SSSR count). The molecular weight excluding hydrogens is 464 g/mol. The van der Waals surface area contributed by atoms with Crippen molar-refractivity contribution in [2.45, 2.75) is 58.4 Å².